The van der Waals surface area contributed by atoms with Gasteiger partial charge in [-0.25, -0.2) is 4.79 Å². The summed E-state index contributed by atoms with van der Waals surface area (Å²) in [5.41, 5.74) is 0.425. The van der Waals surface area contributed by atoms with Crippen LogP contribution in [0.4, 0.5) is 5.69 Å². The first-order chi connectivity index (χ1) is 10.1. The zero-order valence-electron chi connectivity index (χ0n) is 10.6. The summed E-state index contributed by atoms with van der Waals surface area (Å²) in [6, 6.07) is 10.5. The van der Waals surface area contributed by atoms with Gasteiger partial charge in [0.2, 0.25) is 0 Å². The van der Waals surface area contributed by atoms with Gasteiger partial charge in [-0.15, -0.1) is 5.10 Å². The highest BCUT2D eigenvalue weighted by molar-refractivity contribution is 7.03. The number of aromatic nitrogens is 2. The van der Waals surface area contributed by atoms with Crippen molar-refractivity contribution >= 4 is 39.9 Å². The van der Waals surface area contributed by atoms with Gasteiger partial charge in [0.15, 0.2) is 5.69 Å². The highest BCUT2D eigenvalue weighted by atomic mass is 32.1. The number of rotatable bonds is 3. The first-order valence-corrected chi connectivity index (χ1v) is 6.83. The molecule has 1 aromatic heterocycles. The fourth-order valence-corrected chi connectivity index (χ4v) is 2.41. The molecule has 0 fully saturated rings. The predicted molar refractivity (Wildman–Crippen MR) is 78.8 cm³/mol. The summed E-state index contributed by atoms with van der Waals surface area (Å²) in [7, 11) is 0. The van der Waals surface area contributed by atoms with E-state index in [1.165, 1.54) is 11.4 Å². The van der Waals surface area contributed by atoms with Crippen LogP contribution in [0.15, 0.2) is 41.8 Å². The van der Waals surface area contributed by atoms with E-state index in [1.54, 1.807) is 6.07 Å². The Morgan fingerprint density at radius 2 is 1.86 bits per heavy atom. The highest BCUT2D eigenvalue weighted by Gasteiger charge is 2.16. The normalized spacial score (nSPS) is 10.5. The monoisotopic (exact) mass is 299 g/mol. The van der Waals surface area contributed by atoms with Gasteiger partial charge in [-0.2, -0.15) is 0 Å². The quantitative estimate of drug-likeness (QED) is 0.775. The Balaban J connectivity index is 2.05. The minimum Gasteiger partial charge on any atom is -0.478 e. The lowest BCUT2D eigenvalue weighted by molar-refractivity contribution is 0.0698. The molecule has 0 spiro atoms. The Kier molecular flexibility index (Phi) is 3.33. The number of amides is 1. The molecule has 6 nitrogen and oxygen atoms in total. The summed E-state index contributed by atoms with van der Waals surface area (Å²) in [6.07, 6.45) is 0. The first-order valence-electron chi connectivity index (χ1n) is 5.99. The van der Waals surface area contributed by atoms with Gasteiger partial charge in [0.05, 0.1) is 11.3 Å². The molecule has 0 atom stereocenters. The largest absolute Gasteiger partial charge is 0.478 e. The maximum Gasteiger partial charge on any atom is 0.337 e. The second kappa shape index (κ2) is 5.29. The molecule has 3 aromatic rings. The summed E-state index contributed by atoms with van der Waals surface area (Å²) in [6.45, 7) is 0. The number of carbonyl (C=O) groups excluding carboxylic acids is 1. The third-order valence-corrected chi connectivity index (χ3v) is 3.46. The topological polar surface area (TPSA) is 92.2 Å². The van der Waals surface area contributed by atoms with E-state index in [0.29, 0.717) is 0 Å². The molecule has 0 saturated heterocycles. The van der Waals surface area contributed by atoms with Gasteiger partial charge in [-0.1, -0.05) is 28.8 Å². The Bertz CT molecular complexity index is 831. The Labute approximate surface area is 123 Å². The fourth-order valence-electron chi connectivity index (χ4n) is 1.97. The van der Waals surface area contributed by atoms with Gasteiger partial charge >= 0.3 is 5.97 Å². The van der Waals surface area contributed by atoms with E-state index in [4.69, 9.17) is 0 Å². The molecule has 1 amide bonds. The van der Waals surface area contributed by atoms with E-state index in [-0.39, 0.29) is 16.9 Å². The van der Waals surface area contributed by atoms with Crippen LogP contribution in [0.25, 0.3) is 10.8 Å². The minimum absolute atomic E-state index is 0.0326. The molecule has 2 aromatic carbocycles. The van der Waals surface area contributed by atoms with Crippen LogP contribution in [-0.4, -0.2) is 26.6 Å². The van der Waals surface area contributed by atoms with Crippen LogP contribution in [0.5, 0.6) is 0 Å². The molecule has 0 unspecified atom stereocenters. The van der Waals surface area contributed by atoms with Gasteiger partial charge < -0.3 is 10.4 Å². The van der Waals surface area contributed by atoms with E-state index in [9.17, 15) is 14.7 Å². The van der Waals surface area contributed by atoms with Crippen molar-refractivity contribution in [2.24, 2.45) is 0 Å². The van der Waals surface area contributed by atoms with Crippen LogP contribution in [-0.2, 0) is 0 Å². The Morgan fingerprint density at radius 1 is 1.14 bits per heavy atom. The molecular formula is C14H9N3O3S. The van der Waals surface area contributed by atoms with Crippen molar-refractivity contribution in [3.63, 3.8) is 0 Å². The number of hydrogen-bond acceptors (Lipinski definition) is 5. The third-order valence-electron chi connectivity index (χ3n) is 2.96. The molecule has 7 heteroatoms. The summed E-state index contributed by atoms with van der Waals surface area (Å²) in [5.74, 6) is -1.59. The second-order valence-electron chi connectivity index (χ2n) is 4.29. The van der Waals surface area contributed by atoms with Crippen molar-refractivity contribution in [3.8, 4) is 0 Å². The number of anilines is 1. The number of nitrogens with one attached hydrogen (secondary N) is 1. The van der Waals surface area contributed by atoms with E-state index in [0.717, 1.165) is 22.3 Å². The van der Waals surface area contributed by atoms with Crippen molar-refractivity contribution in [3.05, 3.63) is 53.0 Å². The lowest BCUT2D eigenvalue weighted by Crippen LogP contribution is -2.15. The molecule has 1 heterocycles. The zero-order valence-corrected chi connectivity index (χ0v) is 11.4. The van der Waals surface area contributed by atoms with E-state index >= 15 is 0 Å². The highest BCUT2D eigenvalue weighted by Crippen LogP contribution is 2.24. The first kappa shape index (κ1) is 13.2. The van der Waals surface area contributed by atoms with E-state index in [1.807, 2.05) is 24.3 Å². The molecule has 0 aliphatic heterocycles. The molecule has 0 saturated carbocycles. The van der Waals surface area contributed by atoms with Gasteiger partial charge in [-0.05, 0) is 34.4 Å². The van der Waals surface area contributed by atoms with Crippen LogP contribution in [0.3, 0.4) is 0 Å². The van der Waals surface area contributed by atoms with E-state index in [2.05, 4.69) is 14.9 Å². The average molecular weight is 299 g/mol. The van der Waals surface area contributed by atoms with Gasteiger partial charge in [-0.3, -0.25) is 4.79 Å². The average Bonchev–Trinajstić information content (AvgIpc) is 3.00. The Morgan fingerprint density at radius 3 is 2.48 bits per heavy atom. The van der Waals surface area contributed by atoms with Crippen molar-refractivity contribution in [2.75, 3.05) is 5.32 Å². The molecular weight excluding hydrogens is 290 g/mol. The smallest absolute Gasteiger partial charge is 0.337 e. The summed E-state index contributed by atoms with van der Waals surface area (Å²) >= 11 is 1.05. The number of fused-ring (bicyclic) bond motifs is 1. The van der Waals surface area contributed by atoms with Crippen molar-refractivity contribution in [1.82, 2.24) is 9.59 Å². The van der Waals surface area contributed by atoms with Crippen molar-refractivity contribution in [1.29, 1.82) is 0 Å². The van der Waals surface area contributed by atoms with Crippen molar-refractivity contribution in [2.45, 2.75) is 0 Å². The SMILES string of the molecule is O=C(Nc1cc2ccccc2cc1C(=O)O)c1csnn1. The van der Waals surface area contributed by atoms with Crippen LogP contribution in [0.1, 0.15) is 20.8 Å². The van der Waals surface area contributed by atoms with Gasteiger partial charge in [0.1, 0.15) is 0 Å². The lowest BCUT2D eigenvalue weighted by atomic mass is 10.0. The van der Waals surface area contributed by atoms with Crippen molar-refractivity contribution < 1.29 is 14.7 Å². The molecule has 104 valence electrons. The number of carbonyl (C=O) groups is 2. The number of aromatic carboxylic acids is 1. The zero-order chi connectivity index (χ0) is 14.8. The molecule has 2 N–H and O–H groups in total. The lowest BCUT2D eigenvalue weighted by Gasteiger charge is -2.09. The summed E-state index contributed by atoms with van der Waals surface area (Å²) in [5, 5.41) is 18.7. The molecule has 3 rings (SSSR count). The molecule has 21 heavy (non-hydrogen) atoms. The maximum absolute atomic E-state index is 12.0. The van der Waals surface area contributed by atoms with Crippen LogP contribution in [0, 0.1) is 0 Å². The van der Waals surface area contributed by atoms with Crippen LogP contribution >= 0.6 is 11.5 Å². The minimum atomic E-state index is -1.10. The van der Waals surface area contributed by atoms with E-state index < -0.39 is 11.9 Å². The van der Waals surface area contributed by atoms with Gasteiger partial charge in [0, 0.05) is 5.38 Å². The number of benzene rings is 2. The maximum atomic E-state index is 12.0. The standard InChI is InChI=1S/C14H9N3O3S/c18-13(12-7-21-17-16-12)15-11-6-9-4-2-1-3-8(9)5-10(11)14(19)20/h1-7H,(H,15,18)(H,19,20). The predicted octanol–water partition coefficient (Wildman–Crippen LogP) is 2.64. The second-order valence-corrected chi connectivity index (χ2v) is 4.90. The summed E-state index contributed by atoms with van der Waals surface area (Å²) < 4.78 is 3.61. The summed E-state index contributed by atoms with van der Waals surface area (Å²) in [4.78, 5) is 23.3. The molecule has 0 bridgehead atoms. The third kappa shape index (κ3) is 2.59. The molecule has 0 aliphatic rings. The Hall–Kier alpha value is -2.80. The van der Waals surface area contributed by atoms with Crippen LogP contribution in [0.2, 0.25) is 0 Å². The molecule has 0 aliphatic carbocycles. The fraction of sp³-hybridized carbons (Fsp3) is 0. The number of hydrogen-bond donors (Lipinski definition) is 2. The number of carboxylic acids is 1. The molecule has 0 radical (unpaired) electrons. The van der Waals surface area contributed by atoms with Gasteiger partial charge in [0.25, 0.3) is 5.91 Å². The van der Waals surface area contributed by atoms with Crippen LogP contribution < -0.4 is 5.32 Å². The number of carboxylic acid groups (broad SMARTS) is 1. The number of nitrogens with zero attached hydrogens (tertiary/aromatic N) is 2.